The topological polar surface area (TPSA) is 351 Å². The Bertz CT molecular complexity index is 2770. The van der Waals surface area contributed by atoms with Crippen LogP contribution in [0.25, 0.3) is 11.1 Å². The standard InChI is InChI=1S/C54H63N7O15/c1-27-25-61-44(45(27)67)52(74)59-50(72)40(66)24-38(55-35-19-15-33(16-20-35)32-13-11-31(12-14-32)10-9-30-7-5-4-6-8-30)48(70)56-41(28(2)62)53(75)60-26-37(65)23-39(60)49(71)58-43(51(73)57-42(29(3)63)54(61)76)47(69)46(68)34-17-21-36(64)22-18-34/h4-8,11-22,27-29,37-47,50,55,62-69,72H,23-26H2,1-3H3,(H,56,70)(H,57,73)(H,58,71)(H,59,74)/t27-,28+,29+,37+,38-,39-,40+,41-,42-,43-,44-,45-,46-,47-,50+/m0/s1. The van der Waals surface area contributed by atoms with Crippen molar-refractivity contribution in [3.05, 3.63) is 120 Å². The van der Waals surface area contributed by atoms with Crippen LogP contribution in [0.3, 0.4) is 0 Å². The molecule has 22 heteroatoms. The van der Waals surface area contributed by atoms with Crippen molar-refractivity contribution in [2.24, 2.45) is 5.92 Å². The fraction of sp³-hybridized carbons (Fsp3) is 0.407. The lowest BCUT2D eigenvalue weighted by molar-refractivity contribution is -0.148. The number of anilines is 1. The van der Waals surface area contributed by atoms with Crippen LogP contribution in [0.2, 0.25) is 0 Å². The van der Waals surface area contributed by atoms with E-state index >= 15 is 0 Å². The fourth-order valence-corrected chi connectivity index (χ4v) is 9.40. The van der Waals surface area contributed by atoms with E-state index in [1.807, 2.05) is 54.6 Å². The number of hydrogen-bond donors (Lipinski definition) is 14. The van der Waals surface area contributed by atoms with Crippen molar-refractivity contribution in [1.29, 1.82) is 0 Å². The first-order valence-electron chi connectivity index (χ1n) is 24.7. The molecule has 4 aromatic carbocycles. The average Bonchev–Trinajstić information content (AvgIpc) is 3.96. The molecule has 4 aromatic rings. The van der Waals surface area contributed by atoms with Gasteiger partial charge in [-0.25, -0.2) is 0 Å². The Hall–Kier alpha value is -7.46. The van der Waals surface area contributed by atoms with Crippen LogP contribution in [0.5, 0.6) is 5.75 Å². The lowest BCUT2D eigenvalue weighted by Gasteiger charge is -2.34. The molecule has 3 aliphatic heterocycles. The molecule has 404 valence electrons. The second-order valence-corrected chi connectivity index (χ2v) is 19.5. The van der Waals surface area contributed by atoms with E-state index in [0.717, 1.165) is 45.9 Å². The zero-order valence-corrected chi connectivity index (χ0v) is 41.7. The second kappa shape index (κ2) is 24.5. The van der Waals surface area contributed by atoms with Gasteiger partial charge in [0.15, 0.2) is 6.23 Å². The Labute approximate surface area is 437 Å². The Balaban J connectivity index is 1.22. The van der Waals surface area contributed by atoms with Crippen LogP contribution in [0.1, 0.15) is 56.4 Å². The molecule has 3 fully saturated rings. The van der Waals surface area contributed by atoms with Crippen LogP contribution < -0.4 is 26.6 Å². The molecule has 0 bridgehead atoms. The molecule has 0 unspecified atom stereocenters. The molecule has 0 saturated carbocycles. The molecule has 76 heavy (non-hydrogen) atoms. The van der Waals surface area contributed by atoms with Gasteiger partial charge in [-0.05, 0) is 79.1 Å². The molecule has 0 radical (unpaired) electrons. The molecular formula is C54H63N7O15. The molecule has 3 aliphatic rings. The SMILES string of the molecule is C[C@@H](O)[C@@H]1NC(=O)[C@H]([C@H](O)[C@@H](O)c2ccc(O)cc2)NC(=O)[C@@H]2C[C@@H](O)CN2C(=O)[C@H]([C@@H](C)O)NC(=O)[C@@H](Nc2ccc(-c3ccc(C#Cc4ccccc4)cc3)cc2)C[C@@H](O)[C@@H](O)NC(=O)[C@@H]2[C@@H](O)[C@@H](C)CN2C1=O. The van der Waals surface area contributed by atoms with Crippen molar-refractivity contribution in [2.75, 3.05) is 18.4 Å². The Morgan fingerprint density at radius 2 is 1.13 bits per heavy atom. The number of nitrogens with one attached hydrogen (secondary N) is 5. The van der Waals surface area contributed by atoms with Crippen molar-refractivity contribution in [3.63, 3.8) is 0 Å². The molecule has 6 amide bonds. The number of aromatic hydroxyl groups is 1. The van der Waals surface area contributed by atoms with Gasteiger partial charge in [-0.2, -0.15) is 0 Å². The van der Waals surface area contributed by atoms with E-state index in [9.17, 15) is 74.7 Å². The van der Waals surface area contributed by atoms with E-state index in [-0.39, 0.29) is 17.9 Å². The molecule has 0 aliphatic carbocycles. The summed E-state index contributed by atoms with van der Waals surface area (Å²) in [6.45, 7) is 2.88. The van der Waals surface area contributed by atoms with E-state index in [0.29, 0.717) is 5.69 Å². The highest BCUT2D eigenvalue weighted by Gasteiger charge is 2.50. The lowest BCUT2D eigenvalue weighted by Crippen LogP contribution is -2.64. The maximum atomic E-state index is 14.4. The van der Waals surface area contributed by atoms with Crippen molar-refractivity contribution < 1.29 is 74.7 Å². The number of nitrogens with zero attached hydrogens (tertiary/aromatic N) is 2. The number of phenols is 1. The van der Waals surface area contributed by atoms with Crippen molar-refractivity contribution in [3.8, 4) is 28.7 Å². The Morgan fingerprint density at radius 1 is 0.592 bits per heavy atom. The normalized spacial score (nSPS) is 28.6. The summed E-state index contributed by atoms with van der Waals surface area (Å²) in [4.78, 5) is 87.5. The average molecular weight is 1050 g/mol. The number of phenolic OH excluding ortho intramolecular Hbond substituents is 1. The summed E-state index contributed by atoms with van der Waals surface area (Å²) in [5.41, 5.74) is 3.46. The Morgan fingerprint density at radius 3 is 1.72 bits per heavy atom. The maximum Gasteiger partial charge on any atom is 0.248 e. The van der Waals surface area contributed by atoms with Gasteiger partial charge in [0.2, 0.25) is 35.4 Å². The van der Waals surface area contributed by atoms with Gasteiger partial charge in [0, 0.05) is 48.7 Å². The van der Waals surface area contributed by atoms with Crippen LogP contribution in [0.4, 0.5) is 5.69 Å². The van der Waals surface area contributed by atoms with E-state index in [4.69, 9.17) is 0 Å². The van der Waals surface area contributed by atoms with Gasteiger partial charge in [-0.1, -0.05) is 73.4 Å². The maximum absolute atomic E-state index is 14.4. The van der Waals surface area contributed by atoms with Crippen LogP contribution in [-0.4, -0.2) is 183 Å². The van der Waals surface area contributed by atoms with E-state index in [1.54, 1.807) is 24.3 Å². The smallest absolute Gasteiger partial charge is 0.248 e. The molecule has 0 spiro atoms. The summed E-state index contributed by atoms with van der Waals surface area (Å²) in [6.07, 6.45) is -16.0. The van der Waals surface area contributed by atoms with Crippen molar-refractivity contribution in [1.82, 2.24) is 31.1 Å². The first-order chi connectivity index (χ1) is 36.1. The number of carbonyl (C=O) groups excluding carboxylic acids is 6. The highest BCUT2D eigenvalue weighted by atomic mass is 16.3. The minimum Gasteiger partial charge on any atom is -0.508 e. The number of benzene rings is 4. The predicted octanol–water partition coefficient (Wildman–Crippen LogP) is -2.08. The monoisotopic (exact) mass is 1050 g/mol. The first-order valence-corrected chi connectivity index (χ1v) is 24.7. The summed E-state index contributed by atoms with van der Waals surface area (Å²) in [6, 6.07) is 17.3. The van der Waals surface area contributed by atoms with Gasteiger partial charge in [0.1, 0.15) is 60.3 Å². The molecule has 3 heterocycles. The molecule has 14 N–H and O–H groups in total. The van der Waals surface area contributed by atoms with Gasteiger partial charge in [-0.3, -0.25) is 28.8 Å². The quantitative estimate of drug-likeness (QED) is 0.0843. The van der Waals surface area contributed by atoms with Gasteiger partial charge < -0.3 is 82.3 Å². The summed E-state index contributed by atoms with van der Waals surface area (Å²) in [5.74, 6) is -1.85. The third-order valence-corrected chi connectivity index (χ3v) is 13.7. The van der Waals surface area contributed by atoms with Crippen molar-refractivity contribution in [2.45, 2.75) is 119 Å². The number of hydrogen-bond acceptors (Lipinski definition) is 16. The highest BCUT2D eigenvalue weighted by Crippen LogP contribution is 2.29. The number of aliphatic hydroxyl groups is 8. The minimum atomic E-state index is -2.27. The molecule has 0 aromatic heterocycles. The minimum absolute atomic E-state index is 0.0559. The lowest BCUT2D eigenvalue weighted by atomic mass is 9.96. The molecule has 7 rings (SSSR count). The predicted molar refractivity (Wildman–Crippen MR) is 272 cm³/mol. The second-order valence-electron chi connectivity index (χ2n) is 19.5. The molecule has 3 saturated heterocycles. The van der Waals surface area contributed by atoms with Crippen LogP contribution in [-0.2, 0) is 28.8 Å². The molecule has 22 nitrogen and oxygen atoms in total. The number of amides is 6. The van der Waals surface area contributed by atoms with E-state index in [1.165, 1.54) is 31.2 Å². The summed E-state index contributed by atoms with van der Waals surface area (Å²) in [5, 5.41) is 112. The molecule has 15 atom stereocenters. The number of fused-ring (bicyclic) bond motifs is 2. The summed E-state index contributed by atoms with van der Waals surface area (Å²) in [7, 11) is 0. The fourth-order valence-electron chi connectivity index (χ4n) is 9.40. The third-order valence-electron chi connectivity index (χ3n) is 13.7. The van der Waals surface area contributed by atoms with E-state index < -0.39 is 146 Å². The van der Waals surface area contributed by atoms with E-state index in [2.05, 4.69) is 38.4 Å². The molecular weight excluding hydrogens is 987 g/mol. The van der Waals surface area contributed by atoms with Crippen molar-refractivity contribution >= 4 is 41.1 Å². The van der Waals surface area contributed by atoms with Gasteiger partial charge in [-0.15, -0.1) is 0 Å². The van der Waals surface area contributed by atoms with Gasteiger partial charge in [0.05, 0.1) is 24.4 Å². The zero-order valence-electron chi connectivity index (χ0n) is 41.7. The number of rotatable bonds is 8. The number of aliphatic hydroxyl groups excluding tert-OH is 8. The number of carbonyl (C=O) groups is 6. The zero-order chi connectivity index (χ0) is 55.1. The van der Waals surface area contributed by atoms with Crippen LogP contribution in [0.15, 0.2) is 103 Å². The Kier molecular flexibility index (Phi) is 18.1. The van der Waals surface area contributed by atoms with Crippen LogP contribution in [0, 0.1) is 17.8 Å². The van der Waals surface area contributed by atoms with Gasteiger partial charge in [0.25, 0.3) is 0 Å². The van der Waals surface area contributed by atoms with Gasteiger partial charge >= 0.3 is 0 Å². The third kappa shape index (κ3) is 13.1. The highest BCUT2D eigenvalue weighted by molar-refractivity contribution is 5.98. The summed E-state index contributed by atoms with van der Waals surface area (Å²) < 4.78 is 0. The largest absolute Gasteiger partial charge is 0.508 e. The first kappa shape index (κ1) is 56.3. The van der Waals surface area contributed by atoms with Crippen LogP contribution >= 0.6 is 0 Å². The summed E-state index contributed by atoms with van der Waals surface area (Å²) >= 11 is 0.